The zero-order chi connectivity index (χ0) is 19.2. The summed E-state index contributed by atoms with van der Waals surface area (Å²) in [6.07, 6.45) is 6.11. The Bertz CT molecular complexity index is 812. The molecule has 0 spiro atoms. The Morgan fingerprint density at radius 1 is 0.778 bits per heavy atom. The molecule has 140 valence electrons. The Morgan fingerprint density at radius 3 is 1.78 bits per heavy atom. The monoisotopic (exact) mass is 364 g/mol. The molecule has 2 aromatic carbocycles. The van der Waals surface area contributed by atoms with Crippen LogP contribution >= 0.6 is 0 Å². The van der Waals surface area contributed by atoms with Crippen molar-refractivity contribution in [2.45, 2.75) is 44.4 Å². The lowest BCUT2D eigenvalue weighted by atomic mass is 9.84. The Labute approximate surface area is 159 Å². The highest BCUT2D eigenvalue weighted by Gasteiger charge is 2.17. The average molecular weight is 364 g/mol. The Kier molecular flexibility index (Phi) is 6.17. The molecule has 0 amide bonds. The number of esters is 1. The Balaban J connectivity index is 1.62. The van der Waals surface area contributed by atoms with Crippen LogP contribution in [0.5, 0.6) is 0 Å². The number of rotatable bonds is 6. The molecule has 1 saturated carbocycles. The summed E-state index contributed by atoms with van der Waals surface area (Å²) in [5.74, 6) is -0.305. The van der Waals surface area contributed by atoms with Crippen LogP contribution in [-0.2, 0) is 4.74 Å². The van der Waals surface area contributed by atoms with Gasteiger partial charge < -0.3 is 4.74 Å². The maximum absolute atomic E-state index is 12.4. The maximum atomic E-state index is 12.4. The highest BCUT2D eigenvalue weighted by molar-refractivity contribution is 6.13. The third-order valence-corrected chi connectivity index (χ3v) is 5.26. The van der Waals surface area contributed by atoms with E-state index in [2.05, 4.69) is 4.74 Å². The summed E-state index contributed by atoms with van der Waals surface area (Å²) >= 11 is 0. The van der Waals surface area contributed by atoms with E-state index in [4.69, 9.17) is 0 Å². The molecular weight excluding hydrogens is 340 g/mol. The molecule has 4 nitrogen and oxygen atoms in total. The van der Waals surface area contributed by atoms with Gasteiger partial charge in [-0.25, -0.2) is 4.79 Å². The van der Waals surface area contributed by atoms with E-state index < -0.39 is 5.97 Å². The summed E-state index contributed by atoms with van der Waals surface area (Å²) in [4.78, 5) is 36.2. The lowest BCUT2D eigenvalue weighted by Crippen LogP contribution is -2.10. The Morgan fingerprint density at radius 2 is 1.26 bits per heavy atom. The first kappa shape index (κ1) is 19.0. The molecule has 1 aliphatic carbocycles. The molecule has 0 atom stereocenters. The van der Waals surface area contributed by atoms with Gasteiger partial charge in [-0.3, -0.25) is 9.59 Å². The summed E-state index contributed by atoms with van der Waals surface area (Å²) in [7, 11) is 1.31. The lowest BCUT2D eigenvalue weighted by molar-refractivity contribution is 0.0600. The first-order chi connectivity index (χ1) is 13.1. The zero-order valence-corrected chi connectivity index (χ0v) is 15.6. The first-order valence-corrected chi connectivity index (χ1v) is 9.43. The van der Waals surface area contributed by atoms with E-state index >= 15 is 0 Å². The fourth-order valence-electron chi connectivity index (χ4n) is 3.64. The van der Waals surface area contributed by atoms with Gasteiger partial charge in [0.2, 0.25) is 0 Å². The zero-order valence-electron chi connectivity index (χ0n) is 15.6. The van der Waals surface area contributed by atoms with Crippen molar-refractivity contribution in [3.8, 4) is 0 Å². The quantitative estimate of drug-likeness (QED) is 0.412. The maximum Gasteiger partial charge on any atom is 0.337 e. The number of hydrogen-bond donors (Lipinski definition) is 0. The molecule has 0 N–H and O–H groups in total. The van der Waals surface area contributed by atoms with Crippen LogP contribution < -0.4 is 0 Å². The molecule has 0 aliphatic heterocycles. The number of ketones is 2. The lowest BCUT2D eigenvalue weighted by Gasteiger charge is -2.22. The molecule has 2 aromatic rings. The standard InChI is InChI=1S/C23H24O4/c1-27-23(26)20-13-11-19(12-14-20)22(25)15-21(24)18-9-7-17(8-10-18)16-5-3-2-4-6-16/h7-14,16H,2-6,15H2,1H3. The van der Waals surface area contributed by atoms with Crippen LogP contribution in [-0.4, -0.2) is 24.6 Å². The van der Waals surface area contributed by atoms with Gasteiger partial charge in [-0.1, -0.05) is 55.7 Å². The third kappa shape index (κ3) is 4.70. The van der Waals surface area contributed by atoms with Crippen molar-refractivity contribution in [3.05, 3.63) is 70.8 Å². The minimum Gasteiger partial charge on any atom is -0.465 e. The van der Waals surface area contributed by atoms with E-state index in [1.807, 2.05) is 24.3 Å². The minimum atomic E-state index is -0.455. The molecule has 27 heavy (non-hydrogen) atoms. The minimum absolute atomic E-state index is 0.180. The highest BCUT2D eigenvalue weighted by atomic mass is 16.5. The topological polar surface area (TPSA) is 60.4 Å². The predicted molar refractivity (Wildman–Crippen MR) is 103 cm³/mol. The molecule has 0 saturated heterocycles. The van der Waals surface area contributed by atoms with Crippen molar-refractivity contribution < 1.29 is 19.1 Å². The number of carbonyl (C=O) groups is 3. The van der Waals surface area contributed by atoms with Crippen molar-refractivity contribution in [1.82, 2.24) is 0 Å². The number of methoxy groups -OCH3 is 1. The summed E-state index contributed by atoms with van der Waals surface area (Å²) < 4.78 is 4.63. The van der Waals surface area contributed by atoms with Gasteiger partial charge in [0.1, 0.15) is 0 Å². The SMILES string of the molecule is COC(=O)c1ccc(C(=O)CC(=O)c2ccc(C3CCCCC3)cc2)cc1. The van der Waals surface area contributed by atoms with E-state index in [1.165, 1.54) is 56.9 Å². The average Bonchev–Trinajstić information content (AvgIpc) is 2.74. The predicted octanol–water partition coefficient (Wildman–Crippen LogP) is 4.98. The van der Waals surface area contributed by atoms with Crippen LogP contribution in [0.1, 0.15) is 81.1 Å². The second-order valence-corrected chi connectivity index (χ2v) is 7.05. The van der Waals surface area contributed by atoms with Gasteiger partial charge in [0.25, 0.3) is 0 Å². The molecule has 1 aliphatic rings. The normalized spacial score (nSPS) is 14.6. The van der Waals surface area contributed by atoms with Crippen molar-refractivity contribution in [2.24, 2.45) is 0 Å². The largest absolute Gasteiger partial charge is 0.465 e. The van der Waals surface area contributed by atoms with Crippen molar-refractivity contribution in [3.63, 3.8) is 0 Å². The van der Waals surface area contributed by atoms with Gasteiger partial charge in [0, 0.05) is 11.1 Å². The molecular formula is C23H24O4. The molecule has 0 bridgehead atoms. The van der Waals surface area contributed by atoms with E-state index in [-0.39, 0.29) is 18.0 Å². The van der Waals surface area contributed by atoms with Crippen molar-refractivity contribution >= 4 is 17.5 Å². The van der Waals surface area contributed by atoms with Gasteiger partial charge in [-0.2, -0.15) is 0 Å². The molecule has 3 rings (SSSR count). The van der Waals surface area contributed by atoms with Crippen LogP contribution in [0, 0.1) is 0 Å². The van der Waals surface area contributed by atoms with Crippen LogP contribution in [0.2, 0.25) is 0 Å². The summed E-state index contributed by atoms with van der Waals surface area (Å²) in [5.41, 5.74) is 2.64. The smallest absolute Gasteiger partial charge is 0.337 e. The number of benzene rings is 2. The molecule has 0 radical (unpaired) electrons. The van der Waals surface area contributed by atoms with E-state index in [0.29, 0.717) is 22.6 Å². The van der Waals surface area contributed by atoms with Gasteiger partial charge in [-0.15, -0.1) is 0 Å². The fraction of sp³-hybridized carbons (Fsp3) is 0.348. The highest BCUT2D eigenvalue weighted by Crippen LogP contribution is 2.32. The van der Waals surface area contributed by atoms with Gasteiger partial charge >= 0.3 is 5.97 Å². The first-order valence-electron chi connectivity index (χ1n) is 9.43. The van der Waals surface area contributed by atoms with E-state index in [0.717, 1.165) is 0 Å². The number of Topliss-reactive ketones (excluding diaryl/α,β-unsaturated/α-hetero) is 2. The van der Waals surface area contributed by atoms with Crippen molar-refractivity contribution in [1.29, 1.82) is 0 Å². The van der Waals surface area contributed by atoms with Crippen LogP contribution in [0.3, 0.4) is 0 Å². The molecule has 0 heterocycles. The van der Waals surface area contributed by atoms with Gasteiger partial charge in [0.05, 0.1) is 19.1 Å². The van der Waals surface area contributed by atoms with Crippen LogP contribution in [0.4, 0.5) is 0 Å². The Hall–Kier alpha value is -2.75. The molecule has 0 unspecified atom stereocenters. The molecule has 1 fully saturated rings. The second kappa shape index (κ2) is 8.76. The van der Waals surface area contributed by atoms with Crippen molar-refractivity contribution in [2.75, 3.05) is 7.11 Å². The number of hydrogen-bond acceptors (Lipinski definition) is 4. The molecule has 4 heteroatoms. The van der Waals surface area contributed by atoms with Gasteiger partial charge in [0.15, 0.2) is 11.6 Å². The summed E-state index contributed by atoms with van der Waals surface area (Å²) in [6.45, 7) is 0. The fourth-order valence-corrected chi connectivity index (χ4v) is 3.64. The van der Waals surface area contributed by atoms with Gasteiger partial charge in [-0.05, 0) is 36.5 Å². The van der Waals surface area contributed by atoms with E-state index in [9.17, 15) is 14.4 Å². The van der Waals surface area contributed by atoms with Crippen LogP contribution in [0.15, 0.2) is 48.5 Å². The van der Waals surface area contributed by atoms with Crippen LogP contribution in [0.25, 0.3) is 0 Å². The third-order valence-electron chi connectivity index (χ3n) is 5.26. The summed E-state index contributed by atoms with van der Waals surface area (Å²) in [6, 6.07) is 13.9. The number of ether oxygens (including phenoxy) is 1. The molecule has 0 aromatic heterocycles. The summed E-state index contributed by atoms with van der Waals surface area (Å²) in [5, 5.41) is 0. The second-order valence-electron chi connectivity index (χ2n) is 7.05. The van der Waals surface area contributed by atoms with E-state index in [1.54, 1.807) is 12.1 Å². The number of carbonyl (C=O) groups excluding carboxylic acids is 3.